The average molecular weight is 829 g/mol. The van der Waals surface area contributed by atoms with Crippen molar-refractivity contribution in [2.45, 2.75) is 143 Å². The molecule has 1 amide bonds. The number of nitrogens with zero attached hydrogens (tertiary/aromatic N) is 2. The Hall–Kier alpha value is -4.36. The normalized spacial score (nSPS) is 20.6. The van der Waals surface area contributed by atoms with Crippen LogP contribution in [0, 0.1) is 17.3 Å². The number of quaternary nitrogens is 2. The Kier molecular flexibility index (Phi) is 11.6. The fraction of sp³-hybridized carbons (Fsp3) is 0.451. The smallest absolute Gasteiger partial charge is 0.349 e. The van der Waals surface area contributed by atoms with E-state index in [-0.39, 0.29) is 22.9 Å². The highest BCUT2D eigenvalue weighted by molar-refractivity contribution is 6.11. The molecule has 2 heterocycles. The Morgan fingerprint density at radius 1 is 0.738 bits per heavy atom. The zero-order chi connectivity index (χ0) is 44.7. The lowest BCUT2D eigenvalue weighted by atomic mass is 9.75. The second-order valence-corrected chi connectivity index (χ2v) is 20.6. The molecule has 61 heavy (non-hydrogen) atoms. The van der Waals surface area contributed by atoms with Gasteiger partial charge in [-0.05, 0) is 156 Å². The molecule has 5 aromatic rings. The highest BCUT2D eigenvalue weighted by Crippen LogP contribution is 2.43. The van der Waals surface area contributed by atoms with Gasteiger partial charge in [-0.25, -0.2) is 4.79 Å². The fourth-order valence-corrected chi connectivity index (χ4v) is 10.9. The summed E-state index contributed by atoms with van der Waals surface area (Å²) in [5, 5.41) is 59.3. The summed E-state index contributed by atoms with van der Waals surface area (Å²) in [6.07, 6.45) is 4.10. The van der Waals surface area contributed by atoms with E-state index in [1.807, 2.05) is 46.8 Å². The molecule has 0 bridgehead atoms. The maximum atomic E-state index is 14.7. The van der Waals surface area contributed by atoms with Crippen LogP contribution in [0.4, 0.5) is 5.69 Å². The first-order chi connectivity index (χ1) is 28.4. The number of aryl methyl sites for hydroxylation is 1. The molecule has 0 aromatic heterocycles. The second kappa shape index (κ2) is 15.8. The number of hydroxylamine groups is 7. The van der Waals surface area contributed by atoms with E-state index in [9.17, 15) is 30.4 Å². The molecule has 10 nitrogen and oxygen atoms in total. The van der Waals surface area contributed by atoms with Crippen LogP contribution in [0.5, 0.6) is 0 Å². The van der Waals surface area contributed by atoms with E-state index in [0.717, 1.165) is 55.8 Å². The molecule has 0 aliphatic carbocycles. The average Bonchev–Trinajstić information content (AvgIpc) is 3.19. The van der Waals surface area contributed by atoms with Crippen molar-refractivity contribution in [3.8, 4) is 0 Å². The summed E-state index contributed by atoms with van der Waals surface area (Å²) in [6, 6.07) is 19.2. The highest BCUT2D eigenvalue weighted by atomic mass is 16.5. The van der Waals surface area contributed by atoms with E-state index in [2.05, 4.69) is 59.7 Å². The number of hydrogen-bond donors (Lipinski definition) is 4. The molecule has 324 valence electrons. The lowest BCUT2D eigenvalue weighted by Crippen LogP contribution is -3.05. The Morgan fingerprint density at radius 2 is 1.25 bits per heavy atom. The number of carbonyl (C=O) groups is 2. The molecular formula is C51H64N4O6. The molecule has 2 saturated heterocycles. The van der Waals surface area contributed by atoms with Crippen LogP contribution in [0.2, 0.25) is 0 Å². The van der Waals surface area contributed by atoms with Crippen molar-refractivity contribution in [2.24, 2.45) is 0 Å². The van der Waals surface area contributed by atoms with Gasteiger partial charge in [0.05, 0.1) is 12.6 Å². The number of nitrogens with one attached hydrogen (secondary N) is 2. The molecule has 3 unspecified atom stereocenters. The minimum Gasteiger partial charge on any atom is -0.634 e. The third kappa shape index (κ3) is 7.76. The van der Waals surface area contributed by atoms with Crippen molar-refractivity contribution in [1.29, 1.82) is 0 Å². The number of benzene rings is 5. The van der Waals surface area contributed by atoms with Crippen LogP contribution < -0.4 is 20.6 Å². The fourth-order valence-electron chi connectivity index (χ4n) is 10.9. The summed E-state index contributed by atoms with van der Waals surface area (Å²) in [7, 11) is 1.49. The summed E-state index contributed by atoms with van der Waals surface area (Å²) < 4.78 is 0. The molecule has 2 aliphatic heterocycles. The molecule has 7 rings (SSSR count). The van der Waals surface area contributed by atoms with E-state index < -0.39 is 33.1 Å². The number of rotatable bonds is 7. The van der Waals surface area contributed by atoms with Crippen molar-refractivity contribution in [3.63, 3.8) is 0 Å². The Bertz CT molecular complexity index is 2690. The van der Waals surface area contributed by atoms with Crippen molar-refractivity contribution in [1.82, 2.24) is 10.1 Å². The van der Waals surface area contributed by atoms with Gasteiger partial charge in [-0.2, -0.15) is 10.1 Å². The Balaban J connectivity index is 1.59. The lowest BCUT2D eigenvalue weighted by molar-refractivity contribution is -0.840. The maximum Gasteiger partial charge on any atom is 0.349 e. The van der Waals surface area contributed by atoms with Gasteiger partial charge in [0.1, 0.15) is 12.2 Å². The van der Waals surface area contributed by atoms with Gasteiger partial charge in [0, 0.05) is 56.2 Å². The number of amides is 1. The van der Waals surface area contributed by atoms with E-state index in [0.29, 0.717) is 53.5 Å². The monoisotopic (exact) mass is 828 g/mol. The Labute approximate surface area is 359 Å². The van der Waals surface area contributed by atoms with Gasteiger partial charge in [0.15, 0.2) is 6.29 Å². The van der Waals surface area contributed by atoms with Crippen LogP contribution in [0.15, 0.2) is 60.7 Å². The van der Waals surface area contributed by atoms with E-state index in [1.165, 1.54) is 28.3 Å². The summed E-state index contributed by atoms with van der Waals surface area (Å²) in [5.41, 5.74) is 3.45. The molecule has 0 radical (unpaired) electrons. The summed E-state index contributed by atoms with van der Waals surface area (Å²) in [5.74, 6) is -0.371. The summed E-state index contributed by atoms with van der Waals surface area (Å²) in [4.78, 5) is 26.9. The molecule has 0 saturated carbocycles. The first-order valence-electron chi connectivity index (χ1n) is 21.7. The molecule has 2 fully saturated rings. The predicted molar refractivity (Wildman–Crippen MR) is 245 cm³/mol. The second-order valence-electron chi connectivity index (χ2n) is 20.6. The number of hydrogen-bond acceptors (Lipinski definition) is 8. The van der Waals surface area contributed by atoms with E-state index in [1.54, 1.807) is 30.3 Å². The molecule has 3 atom stereocenters. The number of fused-ring (bicyclic) bond motifs is 3. The van der Waals surface area contributed by atoms with Crippen LogP contribution in [0.3, 0.4) is 0 Å². The van der Waals surface area contributed by atoms with Crippen molar-refractivity contribution in [3.05, 3.63) is 109 Å². The van der Waals surface area contributed by atoms with Crippen LogP contribution in [0.1, 0.15) is 145 Å². The van der Waals surface area contributed by atoms with Gasteiger partial charge in [-0.3, -0.25) is 9.86 Å². The first kappa shape index (κ1) is 44.7. The van der Waals surface area contributed by atoms with E-state index in [4.69, 9.17) is 0 Å². The van der Waals surface area contributed by atoms with Gasteiger partial charge >= 0.3 is 5.91 Å². The van der Waals surface area contributed by atoms with Crippen LogP contribution in [0.25, 0.3) is 43.5 Å². The number of aldehydes is 1. The SMILES string of the molecule is CCC(C)c1ccc2c(=C3CC(C)(C)N(O)C(C)(C)C3)c3cc([NH+]([O-])C(=O)c4ccc(C[NH+](C)[O-])c5c(C=O)ccc(C)c45)ccc3c(=C3CC(C)(C)N(O)C(C)(C)C3)c2c1. The third-order valence-electron chi connectivity index (χ3n) is 13.7. The van der Waals surface area contributed by atoms with Crippen LogP contribution >= 0.6 is 0 Å². The highest BCUT2D eigenvalue weighted by Gasteiger charge is 2.45. The number of piperidine rings is 2. The third-order valence-corrected chi connectivity index (χ3v) is 13.7. The molecule has 10 heteroatoms. The lowest BCUT2D eigenvalue weighted by Gasteiger charge is -2.50. The zero-order valence-electron chi connectivity index (χ0n) is 38.1. The topological polar surface area (TPSA) is 136 Å². The molecule has 4 N–H and O–H groups in total. The van der Waals surface area contributed by atoms with Crippen molar-refractivity contribution < 1.29 is 30.1 Å². The van der Waals surface area contributed by atoms with Gasteiger partial charge in [-0.1, -0.05) is 61.4 Å². The summed E-state index contributed by atoms with van der Waals surface area (Å²) in [6.45, 7) is 22.9. The first-order valence-corrected chi connectivity index (χ1v) is 21.7. The van der Waals surface area contributed by atoms with Gasteiger partial charge < -0.3 is 25.9 Å². The van der Waals surface area contributed by atoms with Gasteiger partial charge in [0.25, 0.3) is 0 Å². The molecule has 0 spiro atoms. The maximum absolute atomic E-state index is 14.7. The van der Waals surface area contributed by atoms with Gasteiger partial charge in [0.2, 0.25) is 0 Å². The minimum absolute atomic E-state index is 0.0775. The Morgan fingerprint density at radius 3 is 1.74 bits per heavy atom. The predicted octanol–water partition coefficient (Wildman–Crippen LogP) is 7.53. The molecule has 2 aliphatic rings. The quantitative estimate of drug-likeness (QED) is 0.0752. The van der Waals surface area contributed by atoms with E-state index >= 15 is 0 Å². The summed E-state index contributed by atoms with van der Waals surface area (Å²) >= 11 is 0. The largest absolute Gasteiger partial charge is 0.634 e. The molecule has 5 aromatic carbocycles. The van der Waals surface area contributed by atoms with Crippen LogP contribution in [-0.2, 0) is 6.54 Å². The standard InChI is InChI=1S/C51H64N4O6/c1-13-30(2)32-16-19-38-41(22-32)45(35-24-48(4,5)54(60)49(6,7)25-35)39-21-18-37(23-42(39)46(38)36-26-50(8,9)55(61)51(10,11)27-36)53(59)47(57)40-20-17-33(28-52(12)58)44-34(29-56)15-14-31(3)43(40)44/h14-23,29-30,52-53,60-61H,13,24-28H2,1-12H3. The zero-order valence-corrected chi connectivity index (χ0v) is 38.1. The molecular weight excluding hydrogens is 765 g/mol. The van der Waals surface area contributed by atoms with Crippen LogP contribution in [-0.4, -0.2) is 61.9 Å². The van der Waals surface area contributed by atoms with Gasteiger partial charge in [-0.15, -0.1) is 0 Å². The minimum atomic E-state index is -0.692. The number of carbonyl (C=O) groups excluding carboxylic acids is 2. The van der Waals surface area contributed by atoms with Crippen molar-refractivity contribution >= 4 is 61.3 Å². The van der Waals surface area contributed by atoms with Crippen molar-refractivity contribution in [2.75, 3.05) is 7.05 Å².